The van der Waals surface area contributed by atoms with Crippen LogP contribution < -0.4 is 20.3 Å². The van der Waals surface area contributed by atoms with Crippen LogP contribution in [0.5, 0.6) is 5.75 Å². The summed E-state index contributed by atoms with van der Waals surface area (Å²) in [6.45, 7) is 0.484. The van der Waals surface area contributed by atoms with Crippen LogP contribution in [0.15, 0.2) is 60.8 Å². The molecule has 3 aromatic rings. The molecule has 0 radical (unpaired) electrons. The van der Waals surface area contributed by atoms with E-state index in [1.807, 2.05) is 67.5 Å². The average molecular weight is 391 g/mol. The molecular formula is C22H25N5O2. The van der Waals surface area contributed by atoms with E-state index in [0.29, 0.717) is 24.6 Å². The highest BCUT2D eigenvalue weighted by molar-refractivity contribution is 5.92. The van der Waals surface area contributed by atoms with Gasteiger partial charge in [0.1, 0.15) is 11.4 Å². The summed E-state index contributed by atoms with van der Waals surface area (Å²) in [6, 6.07) is 17.2. The molecule has 1 amide bonds. The Labute approximate surface area is 170 Å². The Morgan fingerprint density at radius 2 is 1.83 bits per heavy atom. The maximum atomic E-state index is 12.4. The lowest BCUT2D eigenvalue weighted by molar-refractivity contribution is 0.0949. The highest BCUT2D eigenvalue weighted by atomic mass is 16.5. The maximum Gasteiger partial charge on any atom is 0.270 e. The fraction of sp³-hybridized carbons (Fsp3) is 0.227. The van der Waals surface area contributed by atoms with Crippen LogP contribution in [0.2, 0.25) is 0 Å². The van der Waals surface area contributed by atoms with Crippen molar-refractivity contribution in [2.75, 3.05) is 38.0 Å². The third-order valence-electron chi connectivity index (χ3n) is 4.40. The van der Waals surface area contributed by atoms with E-state index in [1.54, 1.807) is 19.4 Å². The second-order valence-corrected chi connectivity index (χ2v) is 6.65. The first-order chi connectivity index (χ1) is 14.1. The van der Waals surface area contributed by atoms with Crippen LogP contribution in [0.4, 0.5) is 17.3 Å². The molecule has 0 atom stereocenters. The Morgan fingerprint density at radius 3 is 2.55 bits per heavy atom. The van der Waals surface area contributed by atoms with E-state index in [9.17, 15) is 4.79 Å². The largest absolute Gasteiger partial charge is 0.496 e. The number of hydrogen-bond donors (Lipinski definition) is 2. The summed E-state index contributed by atoms with van der Waals surface area (Å²) in [5.74, 6) is 0.948. The molecule has 29 heavy (non-hydrogen) atoms. The summed E-state index contributed by atoms with van der Waals surface area (Å²) < 4.78 is 5.34. The third kappa shape index (κ3) is 5.44. The second-order valence-electron chi connectivity index (χ2n) is 6.65. The minimum atomic E-state index is -0.242. The van der Waals surface area contributed by atoms with Crippen LogP contribution in [0.1, 0.15) is 16.1 Å². The smallest absolute Gasteiger partial charge is 0.270 e. The molecule has 0 unspecified atom stereocenters. The second kappa shape index (κ2) is 9.54. The van der Waals surface area contributed by atoms with E-state index in [2.05, 4.69) is 20.6 Å². The Kier molecular flexibility index (Phi) is 6.63. The lowest BCUT2D eigenvalue weighted by atomic mass is 10.1. The number of carbonyl (C=O) groups is 1. The Balaban J connectivity index is 1.59. The lowest BCUT2D eigenvalue weighted by Gasteiger charge is -2.13. The number of nitrogens with zero attached hydrogens (tertiary/aromatic N) is 3. The van der Waals surface area contributed by atoms with Gasteiger partial charge in [-0.05, 0) is 48.4 Å². The number of amides is 1. The highest BCUT2D eigenvalue weighted by Crippen LogP contribution is 2.19. The van der Waals surface area contributed by atoms with Gasteiger partial charge in [0.25, 0.3) is 5.91 Å². The molecule has 7 heteroatoms. The van der Waals surface area contributed by atoms with Crippen LogP contribution in [0, 0.1) is 0 Å². The number of aromatic nitrogens is 2. The van der Waals surface area contributed by atoms with Gasteiger partial charge in [-0.25, -0.2) is 9.97 Å². The van der Waals surface area contributed by atoms with E-state index >= 15 is 0 Å². The maximum absolute atomic E-state index is 12.4. The molecular weight excluding hydrogens is 366 g/mol. The van der Waals surface area contributed by atoms with Crippen LogP contribution in [0.25, 0.3) is 0 Å². The minimum absolute atomic E-state index is 0.242. The van der Waals surface area contributed by atoms with Crippen LogP contribution in [0.3, 0.4) is 0 Å². The highest BCUT2D eigenvalue weighted by Gasteiger charge is 2.10. The molecule has 0 aliphatic heterocycles. The van der Waals surface area contributed by atoms with Crippen molar-refractivity contribution in [3.63, 3.8) is 0 Å². The zero-order valence-corrected chi connectivity index (χ0v) is 16.8. The zero-order valence-electron chi connectivity index (χ0n) is 16.8. The van der Waals surface area contributed by atoms with Gasteiger partial charge in [-0.1, -0.05) is 18.2 Å². The molecule has 0 aliphatic rings. The van der Waals surface area contributed by atoms with Crippen molar-refractivity contribution in [3.8, 4) is 5.75 Å². The monoisotopic (exact) mass is 391 g/mol. The number of carbonyl (C=O) groups excluding carboxylic acids is 1. The van der Waals surface area contributed by atoms with E-state index in [4.69, 9.17) is 4.74 Å². The fourth-order valence-electron chi connectivity index (χ4n) is 2.83. The predicted molar refractivity (Wildman–Crippen MR) is 115 cm³/mol. The van der Waals surface area contributed by atoms with Crippen LogP contribution in [-0.2, 0) is 6.42 Å². The molecule has 0 spiro atoms. The number of hydrogen-bond acceptors (Lipinski definition) is 6. The summed E-state index contributed by atoms with van der Waals surface area (Å²) in [7, 11) is 5.61. The standard InChI is InChI=1S/C22H25N5O2/c1-27(2)18-10-8-17(9-11-18)25-22-24-15-13-19(26-22)21(28)23-14-12-16-6-4-5-7-20(16)29-3/h4-11,13,15H,12,14H2,1-3H3,(H,23,28)(H,24,25,26). The molecule has 150 valence electrons. The number of benzene rings is 2. The predicted octanol–water partition coefficient (Wildman–Crippen LogP) is 3.27. The number of methoxy groups -OCH3 is 1. The molecule has 0 bridgehead atoms. The summed E-state index contributed by atoms with van der Waals surface area (Å²) in [4.78, 5) is 23.0. The van der Waals surface area contributed by atoms with Gasteiger partial charge in [-0.15, -0.1) is 0 Å². The average Bonchev–Trinajstić information content (AvgIpc) is 2.74. The first kappa shape index (κ1) is 20.1. The van der Waals surface area contributed by atoms with Gasteiger partial charge in [0.2, 0.25) is 5.95 Å². The van der Waals surface area contributed by atoms with Gasteiger partial charge in [0.05, 0.1) is 7.11 Å². The molecule has 0 saturated carbocycles. The normalized spacial score (nSPS) is 10.3. The molecule has 0 fully saturated rings. The van der Waals surface area contributed by atoms with Gasteiger partial charge >= 0.3 is 0 Å². The summed E-state index contributed by atoms with van der Waals surface area (Å²) >= 11 is 0. The fourth-order valence-corrected chi connectivity index (χ4v) is 2.83. The third-order valence-corrected chi connectivity index (χ3v) is 4.40. The molecule has 3 rings (SSSR count). The van der Waals surface area contributed by atoms with Crippen molar-refractivity contribution in [1.82, 2.24) is 15.3 Å². The molecule has 1 heterocycles. The van der Waals surface area contributed by atoms with Crippen molar-refractivity contribution in [2.45, 2.75) is 6.42 Å². The Hall–Kier alpha value is -3.61. The Bertz CT molecular complexity index is 957. The van der Waals surface area contributed by atoms with E-state index < -0.39 is 0 Å². The molecule has 0 saturated heterocycles. The number of nitrogens with one attached hydrogen (secondary N) is 2. The summed E-state index contributed by atoms with van der Waals surface area (Å²) in [5, 5.41) is 6.02. The molecule has 0 aliphatic carbocycles. The molecule has 2 aromatic carbocycles. The van der Waals surface area contributed by atoms with Crippen molar-refractivity contribution in [1.29, 1.82) is 0 Å². The SMILES string of the molecule is COc1ccccc1CCNC(=O)c1ccnc(Nc2ccc(N(C)C)cc2)n1. The topological polar surface area (TPSA) is 79.4 Å². The summed E-state index contributed by atoms with van der Waals surface area (Å²) in [5.41, 5.74) is 3.30. The number of rotatable bonds is 8. The van der Waals surface area contributed by atoms with Gasteiger partial charge in [-0.3, -0.25) is 4.79 Å². The van der Waals surface area contributed by atoms with Gasteiger partial charge in [0, 0.05) is 38.2 Å². The van der Waals surface area contributed by atoms with Crippen molar-refractivity contribution in [2.24, 2.45) is 0 Å². The van der Waals surface area contributed by atoms with Crippen molar-refractivity contribution >= 4 is 23.2 Å². The first-order valence-electron chi connectivity index (χ1n) is 9.34. The van der Waals surface area contributed by atoms with Crippen LogP contribution in [-0.4, -0.2) is 43.6 Å². The zero-order chi connectivity index (χ0) is 20.6. The number of anilines is 3. The van der Waals surface area contributed by atoms with Gasteiger partial charge in [0.15, 0.2) is 0 Å². The molecule has 1 aromatic heterocycles. The molecule has 2 N–H and O–H groups in total. The van der Waals surface area contributed by atoms with Gasteiger partial charge < -0.3 is 20.3 Å². The molecule has 7 nitrogen and oxygen atoms in total. The van der Waals surface area contributed by atoms with Gasteiger partial charge in [-0.2, -0.15) is 0 Å². The van der Waals surface area contributed by atoms with E-state index in [-0.39, 0.29) is 5.91 Å². The summed E-state index contributed by atoms with van der Waals surface area (Å²) in [6.07, 6.45) is 2.24. The number of ether oxygens (including phenoxy) is 1. The Morgan fingerprint density at radius 1 is 1.07 bits per heavy atom. The van der Waals surface area contributed by atoms with Crippen molar-refractivity contribution in [3.05, 3.63) is 72.1 Å². The van der Waals surface area contributed by atoms with E-state index in [0.717, 1.165) is 22.7 Å². The van der Waals surface area contributed by atoms with Crippen molar-refractivity contribution < 1.29 is 9.53 Å². The number of para-hydroxylation sites is 1. The first-order valence-corrected chi connectivity index (χ1v) is 9.34. The minimum Gasteiger partial charge on any atom is -0.496 e. The van der Waals surface area contributed by atoms with E-state index in [1.165, 1.54) is 0 Å². The quantitative estimate of drug-likeness (QED) is 0.614. The lowest BCUT2D eigenvalue weighted by Crippen LogP contribution is -2.26. The van der Waals surface area contributed by atoms with Crippen LogP contribution >= 0.6 is 0 Å².